The molecule has 1 saturated heterocycles. The van der Waals surface area contributed by atoms with Crippen LogP contribution in [0.2, 0.25) is 0 Å². The molecule has 2 aromatic heterocycles. The second kappa shape index (κ2) is 7.55. The summed E-state index contributed by atoms with van der Waals surface area (Å²) < 4.78 is 1.99. The molecule has 0 aliphatic carbocycles. The van der Waals surface area contributed by atoms with Crippen molar-refractivity contribution in [3.63, 3.8) is 0 Å². The van der Waals surface area contributed by atoms with Crippen LogP contribution >= 0.6 is 0 Å². The molecule has 1 aliphatic rings. The van der Waals surface area contributed by atoms with Crippen LogP contribution in [0.4, 0.5) is 0 Å². The van der Waals surface area contributed by atoms with Crippen molar-refractivity contribution in [1.82, 2.24) is 24.6 Å². The second-order valence-electron chi connectivity index (χ2n) is 6.51. The minimum Gasteiger partial charge on any atom is -0.343 e. The van der Waals surface area contributed by atoms with Gasteiger partial charge in [0.15, 0.2) is 0 Å². The van der Waals surface area contributed by atoms with Crippen molar-refractivity contribution in [2.45, 2.75) is 46.1 Å². The summed E-state index contributed by atoms with van der Waals surface area (Å²) in [7, 11) is 0. The molecule has 0 bridgehead atoms. The van der Waals surface area contributed by atoms with Gasteiger partial charge in [0.05, 0.1) is 11.4 Å². The van der Waals surface area contributed by atoms with E-state index in [9.17, 15) is 4.79 Å². The molecule has 1 aliphatic heterocycles. The first-order valence-electron chi connectivity index (χ1n) is 8.76. The largest absolute Gasteiger partial charge is 0.343 e. The smallest absolute Gasteiger partial charge is 0.219 e. The maximum Gasteiger partial charge on any atom is 0.219 e. The Kier molecular flexibility index (Phi) is 5.23. The lowest BCUT2D eigenvalue weighted by Gasteiger charge is -2.31. The monoisotopic (exact) mass is 327 g/mol. The lowest BCUT2D eigenvalue weighted by atomic mass is 9.93. The van der Waals surface area contributed by atoms with Crippen LogP contribution in [-0.2, 0) is 17.8 Å². The number of carbonyl (C=O) groups is 1. The summed E-state index contributed by atoms with van der Waals surface area (Å²) in [5.41, 5.74) is 3.00. The topological polar surface area (TPSA) is 63.9 Å². The Labute approximate surface area is 142 Å². The number of aryl methyl sites for hydroxylation is 1. The third-order valence-corrected chi connectivity index (χ3v) is 4.60. The fraction of sp³-hybridized carbons (Fsp3) is 0.556. The molecule has 2 aromatic rings. The van der Waals surface area contributed by atoms with Gasteiger partial charge in [-0.05, 0) is 43.7 Å². The molecule has 1 fully saturated rings. The first-order valence-corrected chi connectivity index (χ1v) is 8.76. The quantitative estimate of drug-likeness (QED) is 0.846. The van der Waals surface area contributed by atoms with Gasteiger partial charge in [-0.15, -0.1) is 0 Å². The molecule has 1 unspecified atom stereocenters. The van der Waals surface area contributed by atoms with Gasteiger partial charge in [0.1, 0.15) is 6.33 Å². The molecule has 6 heteroatoms. The first kappa shape index (κ1) is 16.6. The molecule has 24 heavy (non-hydrogen) atoms. The molecular formula is C18H25N5O. The molecular weight excluding hydrogens is 302 g/mol. The van der Waals surface area contributed by atoms with E-state index < -0.39 is 0 Å². The number of hydrogen-bond acceptors (Lipinski definition) is 4. The molecule has 6 nitrogen and oxygen atoms in total. The summed E-state index contributed by atoms with van der Waals surface area (Å²) in [5, 5.41) is 4.37. The van der Waals surface area contributed by atoms with Gasteiger partial charge in [-0.2, -0.15) is 5.10 Å². The highest BCUT2D eigenvalue weighted by molar-refractivity contribution is 5.73. The number of amides is 1. The van der Waals surface area contributed by atoms with E-state index in [4.69, 9.17) is 0 Å². The third-order valence-electron chi connectivity index (χ3n) is 4.60. The van der Waals surface area contributed by atoms with E-state index in [0.29, 0.717) is 5.92 Å². The van der Waals surface area contributed by atoms with Gasteiger partial charge in [0.2, 0.25) is 5.91 Å². The summed E-state index contributed by atoms with van der Waals surface area (Å²) in [5.74, 6) is 0.650. The van der Waals surface area contributed by atoms with Gasteiger partial charge in [-0.3, -0.25) is 9.48 Å². The Morgan fingerprint density at radius 1 is 1.38 bits per heavy atom. The highest BCUT2D eigenvalue weighted by Crippen LogP contribution is 2.22. The van der Waals surface area contributed by atoms with Crippen LogP contribution in [0.15, 0.2) is 24.7 Å². The molecule has 1 atom stereocenters. The van der Waals surface area contributed by atoms with E-state index in [-0.39, 0.29) is 5.91 Å². The van der Waals surface area contributed by atoms with Crippen LogP contribution in [0.25, 0.3) is 11.4 Å². The molecule has 3 rings (SSSR count). The normalized spacial score (nSPS) is 17.9. The first-order chi connectivity index (χ1) is 11.7. The summed E-state index contributed by atoms with van der Waals surface area (Å²) in [4.78, 5) is 22.4. The Morgan fingerprint density at radius 3 is 3.04 bits per heavy atom. The van der Waals surface area contributed by atoms with E-state index in [0.717, 1.165) is 62.4 Å². The molecule has 3 heterocycles. The van der Waals surface area contributed by atoms with Crippen LogP contribution in [0, 0.1) is 5.92 Å². The van der Waals surface area contributed by atoms with Crippen LogP contribution in [0.1, 0.15) is 38.8 Å². The Morgan fingerprint density at radius 2 is 2.25 bits per heavy atom. The number of carbonyl (C=O) groups excluding carboxylic acids is 1. The van der Waals surface area contributed by atoms with Crippen LogP contribution in [0.3, 0.4) is 0 Å². The molecule has 0 N–H and O–H groups in total. The number of aromatic nitrogens is 4. The van der Waals surface area contributed by atoms with E-state index in [1.54, 1.807) is 13.3 Å². The second-order valence-corrected chi connectivity index (χ2v) is 6.51. The minimum atomic E-state index is 0.173. The van der Waals surface area contributed by atoms with Gasteiger partial charge in [-0.25, -0.2) is 9.97 Å². The maximum atomic E-state index is 11.6. The van der Waals surface area contributed by atoms with Crippen LogP contribution in [0.5, 0.6) is 0 Å². The third kappa shape index (κ3) is 3.80. The van der Waals surface area contributed by atoms with E-state index in [1.165, 1.54) is 0 Å². The van der Waals surface area contributed by atoms with Crippen LogP contribution in [-0.4, -0.2) is 43.6 Å². The van der Waals surface area contributed by atoms with E-state index >= 15 is 0 Å². The van der Waals surface area contributed by atoms with Crippen molar-refractivity contribution in [2.75, 3.05) is 13.1 Å². The lowest BCUT2D eigenvalue weighted by molar-refractivity contribution is -0.130. The molecule has 0 radical (unpaired) electrons. The Bertz CT molecular complexity index is 696. The summed E-state index contributed by atoms with van der Waals surface area (Å²) in [6, 6.07) is 4.07. The fourth-order valence-electron chi connectivity index (χ4n) is 3.40. The Balaban J connectivity index is 1.73. The van der Waals surface area contributed by atoms with Crippen molar-refractivity contribution >= 4 is 5.91 Å². The maximum absolute atomic E-state index is 11.6. The molecule has 0 spiro atoms. The molecule has 1 amide bonds. The minimum absolute atomic E-state index is 0.173. The van der Waals surface area contributed by atoms with Gasteiger partial charge < -0.3 is 4.90 Å². The van der Waals surface area contributed by atoms with Gasteiger partial charge in [-0.1, -0.05) is 6.92 Å². The predicted octanol–water partition coefficient (Wildman–Crippen LogP) is 2.55. The zero-order valence-corrected chi connectivity index (χ0v) is 14.5. The predicted molar refractivity (Wildman–Crippen MR) is 92.2 cm³/mol. The van der Waals surface area contributed by atoms with E-state index in [2.05, 4.69) is 28.1 Å². The van der Waals surface area contributed by atoms with Crippen molar-refractivity contribution < 1.29 is 4.79 Å². The zero-order valence-electron chi connectivity index (χ0n) is 14.5. The summed E-state index contributed by atoms with van der Waals surface area (Å²) in [6.45, 7) is 6.40. The number of nitrogens with zero attached hydrogens (tertiary/aromatic N) is 5. The van der Waals surface area contributed by atoms with Crippen LogP contribution < -0.4 is 0 Å². The summed E-state index contributed by atoms with van der Waals surface area (Å²) >= 11 is 0. The SMILES string of the molecule is CCCn1nccc1-c1cc(CC2CCCN(C(C)=O)C2)ncn1. The average Bonchev–Trinajstić information content (AvgIpc) is 3.04. The molecule has 128 valence electrons. The summed E-state index contributed by atoms with van der Waals surface area (Å²) in [6.07, 6.45) is 7.61. The number of hydrogen-bond donors (Lipinski definition) is 0. The van der Waals surface area contributed by atoms with Crippen molar-refractivity contribution in [2.24, 2.45) is 5.92 Å². The Hall–Kier alpha value is -2.24. The molecule has 0 aromatic carbocycles. The number of piperidine rings is 1. The van der Waals surface area contributed by atoms with Crippen molar-refractivity contribution in [3.8, 4) is 11.4 Å². The van der Waals surface area contributed by atoms with Gasteiger partial charge in [0.25, 0.3) is 0 Å². The number of likely N-dealkylation sites (tertiary alicyclic amines) is 1. The zero-order chi connectivity index (χ0) is 16.9. The van der Waals surface area contributed by atoms with Crippen molar-refractivity contribution in [1.29, 1.82) is 0 Å². The highest BCUT2D eigenvalue weighted by Gasteiger charge is 2.22. The van der Waals surface area contributed by atoms with Gasteiger partial charge in [0, 0.05) is 38.4 Å². The lowest BCUT2D eigenvalue weighted by Crippen LogP contribution is -2.39. The van der Waals surface area contributed by atoms with E-state index in [1.807, 2.05) is 21.8 Å². The highest BCUT2D eigenvalue weighted by atomic mass is 16.2. The standard InChI is InChI=1S/C18H25N5O/c1-3-8-23-18(6-7-21-23)17-11-16(19-13-20-17)10-15-5-4-9-22(12-15)14(2)24/h6-7,11,13,15H,3-5,8-10,12H2,1-2H3. The van der Waals surface area contributed by atoms with Gasteiger partial charge >= 0.3 is 0 Å². The number of rotatable bonds is 5. The fourth-order valence-corrected chi connectivity index (χ4v) is 3.40. The van der Waals surface area contributed by atoms with Crippen molar-refractivity contribution in [3.05, 3.63) is 30.4 Å². The average molecular weight is 327 g/mol. The molecule has 0 saturated carbocycles.